The average Bonchev–Trinajstić information content (AvgIpc) is 3.02. The molecular weight excluding hydrogens is 284 g/mol. The van der Waals surface area contributed by atoms with Gasteiger partial charge in [-0.05, 0) is 24.3 Å². The van der Waals surface area contributed by atoms with Crippen LogP contribution in [0.1, 0.15) is 6.42 Å². The monoisotopic (exact) mass is 302 g/mol. The largest absolute Gasteiger partial charge is 0.326 e. The maximum absolute atomic E-state index is 12.1. The number of benzene rings is 1. The van der Waals surface area contributed by atoms with Crippen LogP contribution in [0.5, 0.6) is 0 Å². The summed E-state index contributed by atoms with van der Waals surface area (Å²) in [7, 11) is 0. The summed E-state index contributed by atoms with van der Waals surface area (Å²) in [6, 6.07) is 9.85. The van der Waals surface area contributed by atoms with Crippen molar-refractivity contribution in [3.63, 3.8) is 0 Å². The van der Waals surface area contributed by atoms with E-state index in [0.717, 1.165) is 29.4 Å². The van der Waals surface area contributed by atoms with E-state index in [9.17, 15) is 4.79 Å². The molecule has 6 heteroatoms. The molecule has 0 radical (unpaired) electrons. The van der Waals surface area contributed by atoms with Gasteiger partial charge in [-0.15, -0.1) is 0 Å². The van der Waals surface area contributed by atoms with Gasteiger partial charge in [0.25, 0.3) is 0 Å². The Morgan fingerprint density at radius 3 is 3.19 bits per heavy atom. The zero-order valence-corrected chi connectivity index (χ0v) is 12.5. The highest BCUT2D eigenvalue weighted by molar-refractivity contribution is 7.99. The van der Waals surface area contributed by atoms with E-state index >= 15 is 0 Å². The molecule has 1 aliphatic heterocycles. The predicted octanol–water partition coefficient (Wildman–Crippen LogP) is 1.91. The minimum atomic E-state index is 0.0487. The van der Waals surface area contributed by atoms with Crippen LogP contribution in [0.15, 0.2) is 42.7 Å². The highest BCUT2D eigenvalue weighted by atomic mass is 32.2. The van der Waals surface area contributed by atoms with Crippen molar-refractivity contribution >= 4 is 23.4 Å². The van der Waals surface area contributed by atoms with Gasteiger partial charge < -0.3 is 10.6 Å². The van der Waals surface area contributed by atoms with Gasteiger partial charge >= 0.3 is 0 Å². The fourth-order valence-electron chi connectivity index (χ4n) is 2.33. The van der Waals surface area contributed by atoms with E-state index in [1.54, 1.807) is 10.9 Å². The van der Waals surface area contributed by atoms with Crippen LogP contribution in [0.4, 0.5) is 5.69 Å². The molecular formula is C15H18N4OS. The first-order chi connectivity index (χ1) is 10.3. The van der Waals surface area contributed by atoms with E-state index in [1.165, 1.54) is 0 Å². The SMILES string of the molecule is O=C(CC1CSCCN1)Nc1cccc(-n2cccn2)c1. The lowest BCUT2D eigenvalue weighted by Crippen LogP contribution is -2.39. The number of nitrogens with one attached hydrogen (secondary N) is 2. The molecule has 0 saturated carbocycles. The van der Waals surface area contributed by atoms with Gasteiger partial charge in [0.05, 0.1) is 5.69 Å². The lowest BCUT2D eigenvalue weighted by atomic mass is 10.2. The Bertz CT molecular complexity index is 593. The molecule has 1 saturated heterocycles. The normalized spacial score (nSPS) is 18.4. The molecule has 2 N–H and O–H groups in total. The molecule has 1 fully saturated rings. The second kappa shape index (κ2) is 6.78. The van der Waals surface area contributed by atoms with Crippen LogP contribution in [0, 0.1) is 0 Å². The summed E-state index contributed by atoms with van der Waals surface area (Å²) >= 11 is 1.90. The summed E-state index contributed by atoms with van der Waals surface area (Å²) in [5.74, 6) is 2.18. The van der Waals surface area contributed by atoms with Crippen LogP contribution in [0.2, 0.25) is 0 Å². The molecule has 1 aromatic heterocycles. The Morgan fingerprint density at radius 1 is 1.48 bits per heavy atom. The number of nitrogens with zero attached hydrogens (tertiary/aromatic N) is 2. The van der Waals surface area contributed by atoms with Gasteiger partial charge in [-0.2, -0.15) is 16.9 Å². The molecule has 110 valence electrons. The molecule has 5 nitrogen and oxygen atoms in total. The fourth-order valence-corrected chi connectivity index (χ4v) is 3.28. The summed E-state index contributed by atoms with van der Waals surface area (Å²) < 4.78 is 1.77. The first-order valence-electron chi connectivity index (χ1n) is 7.02. The first-order valence-corrected chi connectivity index (χ1v) is 8.18. The summed E-state index contributed by atoms with van der Waals surface area (Å²) in [6.45, 7) is 0.984. The molecule has 2 heterocycles. The van der Waals surface area contributed by atoms with Crippen molar-refractivity contribution in [2.45, 2.75) is 12.5 Å². The number of carbonyl (C=O) groups excluding carboxylic acids is 1. The molecule has 0 spiro atoms. The summed E-state index contributed by atoms with van der Waals surface area (Å²) in [4.78, 5) is 12.1. The summed E-state index contributed by atoms with van der Waals surface area (Å²) in [5, 5.41) is 10.5. The smallest absolute Gasteiger partial charge is 0.225 e. The van der Waals surface area contributed by atoms with Crippen molar-refractivity contribution in [1.82, 2.24) is 15.1 Å². The lowest BCUT2D eigenvalue weighted by Gasteiger charge is -2.22. The lowest BCUT2D eigenvalue weighted by molar-refractivity contribution is -0.116. The summed E-state index contributed by atoms with van der Waals surface area (Å²) in [5.41, 5.74) is 1.74. The van der Waals surface area contributed by atoms with Crippen LogP contribution in [0.3, 0.4) is 0 Å². The highest BCUT2D eigenvalue weighted by Gasteiger charge is 2.16. The fraction of sp³-hybridized carbons (Fsp3) is 0.333. The van der Waals surface area contributed by atoms with Gasteiger partial charge in [-0.1, -0.05) is 6.07 Å². The Balaban J connectivity index is 1.62. The number of anilines is 1. The Hall–Kier alpha value is -1.79. The van der Waals surface area contributed by atoms with E-state index < -0.39 is 0 Å². The van der Waals surface area contributed by atoms with E-state index in [2.05, 4.69) is 15.7 Å². The second-order valence-electron chi connectivity index (χ2n) is 4.98. The van der Waals surface area contributed by atoms with E-state index in [4.69, 9.17) is 0 Å². The quantitative estimate of drug-likeness (QED) is 0.906. The van der Waals surface area contributed by atoms with Gasteiger partial charge in [-0.3, -0.25) is 4.79 Å². The van der Waals surface area contributed by atoms with Crippen molar-refractivity contribution < 1.29 is 4.79 Å². The number of hydrogen-bond acceptors (Lipinski definition) is 4. The van der Waals surface area contributed by atoms with Crippen molar-refractivity contribution in [3.05, 3.63) is 42.7 Å². The molecule has 0 bridgehead atoms. The van der Waals surface area contributed by atoms with E-state index in [-0.39, 0.29) is 11.9 Å². The molecule has 1 aromatic carbocycles. The number of rotatable bonds is 4. The van der Waals surface area contributed by atoms with Crippen LogP contribution in [-0.4, -0.2) is 39.8 Å². The predicted molar refractivity (Wildman–Crippen MR) is 85.9 cm³/mol. The zero-order chi connectivity index (χ0) is 14.5. The van der Waals surface area contributed by atoms with Crippen molar-refractivity contribution in [2.24, 2.45) is 0 Å². The first kappa shape index (κ1) is 14.2. The maximum atomic E-state index is 12.1. The number of hydrogen-bond donors (Lipinski definition) is 2. The molecule has 2 aromatic rings. The minimum Gasteiger partial charge on any atom is -0.326 e. The number of carbonyl (C=O) groups is 1. The van der Waals surface area contributed by atoms with Gasteiger partial charge in [0.2, 0.25) is 5.91 Å². The van der Waals surface area contributed by atoms with Gasteiger partial charge in [0, 0.05) is 48.6 Å². The number of amides is 1. The number of thioether (sulfide) groups is 1. The second-order valence-corrected chi connectivity index (χ2v) is 6.13. The molecule has 0 aliphatic carbocycles. The molecule has 1 atom stereocenters. The Labute approximate surface area is 128 Å². The molecule has 21 heavy (non-hydrogen) atoms. The third-order valence-corrected chi connectivity index (χ3v) is 4.46. The van der Waals surface area contributed by atoms with Crippen LogP contribution >= 0.6 is 11.8 Å². The maximum Gasteiger partial charge on any atom is 0.225 e. The Morgan fingerprint density at radius 2 is 2.43 bits per heavy atom. The molecule has 1 unspecified atom stereocenters. The van der Waals surface area contributed by atoms with Crippen molar-refractivity contribution in [3.8, 4) is 5.69 Å². The van der Waals surface area contributed by atoms with Crippen LogP contribution in [-0.2, 0) is 4.79 Å². The molecule has 1 aliphatic rings. The average molecular weight is 302 g/mol. The topological polar surface area (TPSA) is 59.0 Å². The van der Waals surface area contributed by atoms with Crippen molar-refractivity contribution in [1.29, 1.82) is 0 Å². The van der Waals surface area contributed by atoms with E-state index in [1.807, 2.05) is 48.3 Å². The number of aromatic nitrogens is 2. The zero-order valence-electron chi connectivity index (χ0n) is 11.7. The third kappa shape index (κ3) is 3.86. The van der Waals surface area contributed by atoms with E-state index in [0.29, 0.717) is 6.42 Å². The van der Waals surface area contributed by atoms with Gasteiger partial charge in [0.1, 0.15) is 0 Å². The summed E-state index contributed by atoms with van der Waals surface area (Å²) in [6.07, 6.45) is 4.13. The Kier molecular flexibility index (Phi) is 4.57. The van der Waals surface area contributed by atoms with Crippen molar-refractivity contribution in [2.75, 3.05) is 23.4 Å². The minimum absolute atomic E-state index is 0.0487. The third-order valence-electron chi connectivity index (χ3n) is 3.33. The molecule has 1 amide bonds. The standard InChI is InChI=1S/C15H18N4OS/c20-15(10-13-11-21-8-6-16-13)18-12-3-1-4-14(9-12)19-7-2-5-17-19/h1-5,7,9,13,16H,6,8,10-11H2,(H,18,20). The van der Waals surface area contributed by atoms with Gasteiger partial charge in [0.15, 0.2) is 0 Å². The van der Waals surface area contributed by atoms with Crippen LogP contribution in [0.25, 0.3) is 5.69 Å². The molecule has 3 rings (SSSR count). The van der Waals surface area contributed by atoms with Crippen LogP contribution < -0.4 is 10.6 Å². The van der Waals surface area contributed by atoms with Gasteiger partial charge in [-0.25, -0.2) is 4.68 Å². The highest BCUT2D eigenvalue weighted by Crippen LogP contribution is 2.15.